The Bertz CT molecular complexity index is 407. The molecule has 0 bridgehead atoms. The first kappa shape index (κ1) is 19.6. The maximum atomic E-state index is 13.9. The predicted octanol–water partition coefficient (Wildman–Crippen LogP) is 5.01. The van der Waals surface area contributed by atoms with Crippen molar-refractivity contribution in [1.29, 1.82) is 0 Å². The fourth-order valence-corrected chi connectivity index (χ4v) is 2.00. The van der Waals surface area contributed by atoms with E-state index < -0.39 is 11.6 Å². The van der Waals surface area contributed by atoms with Gasteiger partial charge in [-0.05, 0) is 30.4 Å². The largest absolute Gasteiger partial charge is 0.369 e. The summed E-state index contributed by atoms with van der Waals surface area (Å²) in [5.74, 6) is -0.991. The summed E-state index contributed by atoms with van der Waals surface area (Å²) in [5, 5.41) is 0. The first-order chi connectivity index (χ1) is 8.89. The van der Waals surface area contributed by atoms with Crippen LogP contribution in [-0.4, -0.2) is 13.1 Å². The summed E-state index contributed by atoms with van der Waals surface area (Å²) in [6.07, 6.45) is 3.10. The first-order valence-corrected chi connectivity index (χ1v) is 7.09. The molecule has 0 spiro atoms. The monoisotopic (exact) mass is 317 g/mol. The summed E-state index contributed by atoms with van der Waals surface area (Å²) in [6.45, 7) is 10.2. The van der Waals surface area contributed by atoms with Crippen molar-refractivity contribution in [2.45, 2.75) is 47.0 Å². The predicted molar refractivity (Wildman–Crippen MR) is 77.6 cm³/mol. The van der Waals surface area contributed by atoms with Gasteiger partial charge in [-0.2, -0.15) is 0 Å². The second-order valence-electron chi connectivity index (χ2n) is 5.89. The van der Waals surface area contributed by atoms with Crippen LogP contribution in [0.2, 0.25) is 0 Å². The molecule has 0 fully saturated rings. The van der Waals surface area contributed by atoms with Crippen molar-refractivity contribution in [3.8, 4) is 0 Å². The van der Waals surface area contributed by atoms with Gasteiger partial charge in [-0.3, -0.25) is 0 Å². The van der Waals surface area contributed by atoms with Crippen LogP contribution in [0.3, 0.4) is 0 Å². The summed E-state index contributed by atoms with van der Waals surface area (Å²) >= 11 is 0. The van der Waals surface area contributed by atoms with Crippen molar-refractivity contribution >= 4 is 5.69 Å². The molecule has 0 aliphatic rings. The molecule has 1 nitrogen and oxygen atoms in total. The molecule has 20 heavy (non-hydrogen) atoms. The van der Waals surface area contributed by atoms with Crippen LogP contribution >= 0.6 is 0 Å². The van der Waals surface area contributed by atoms with Gasteiger partial charge in [0.15, 0.2) is 0 Å². The molecule has 1 aromatic rings. The number of hydrogen-bond donors (Lipinski definition) is 0. The Morgan fingerprint density at radius 3 is 2.30 bits per heavy atom. The van der Waals surface area contributed by atoms with Crippen LogP contribution in [0.25, 0.3) is 0 Å². The quantitative estimate of drug-likeness (QED) is 0.639. The Morgan fingerprint density at radius 1 is 1.15 bits per heavy atom. The minimum atomic E-state index is -0.522. The van der Waals surface area contributed by atoms with Gasteiger partial charge in [-0.1, -0.05) is 34.1 Å². The van der Waals surface area contributed by atoms with Crippen molar-refractivity contribution in [2.24, 2.45) is 5.41 Å². The van der Waals surface area contributed by atoms with E-state index in [2.05, 4.69) is 27.7 Å². The van der Waals surface area contributed by atoms with Crippen LogP contribution in [0.15, 0.2) is 18.2 Å². The van der Waals surface area contributed by atoms with Gasteiger partial charge in [0.2, 0.25) is 0 Å². The molecule has 0 aromatic heterocycles. The van der Waals surface area contributed by atoms with E-state index in [1.165, 1.54) is 6.07 Å². The second-order valence-corrected chi connectivity index (χ2v) is 5.89. The van der Waals surface area contributed by atoms with Crippen molar-refractivity contribution < 1.29 is 30.5 Å². The van der Waals surface area contributed by atoms with Gasteiger partial charge in [-0.15, -0.1) is 0 Å². The maximum absolute atomic E-state index is 13.9. The van der Waals surface area contributed by atoms with Gasteiger partial charge in [0.1, 0.15) is 11.6 Å². The molecule has 0 aliphatic carbocycles. The summed E-state index contributed by atoms with van der Waals surface area (Å²) in [6, 6.07) is 3.84. The first-order valence-electron chi connectivity index (χ1n) is 7.09. The number of anilines is 1. The Balaban J connectivity index is 0.00000361. The maximum Gasteiger partial charge on any atom is 0.149 e. The molecule has 0 atom stereocenters. The molecule has 0 saturated heterocycles. The van der Waals surface area contributed by atoms with E-state index >= 15 is 0 Å². The fraction of sp³-hybridized carbons (Fsp3) is 0.625. The topological polar surface area (TPSA) is 3.24 Å². The molecule has 0 amide bonds. The van der Waals surface area contributed by atoms with E-state index in [9.17, 15) is 8.78 Å². The zero-order valence-electron chi connectivity index (χ0n) is 13.0. The molecule has 0 heterocycles. The summed E-state index contributed by atoms with van der Waals surface area (Å²) < 4.78 is 26.9. The second kappa shape index (κ2) is 8.79. The minimum absolute atomic E-state index is 0. The van der Waals surface area contributed by atoms with Gasteiger partial charge in [-0.25, -0.2) is 8.78 Å². The van der Waals surface area contributed by atoms with Gasteiger partial charge in [0, 0.05) is 40.9 Å². The molecule has 0 aliphatic heterocycles. The van der Waals surface area contributed by atoms with Gasteiger partial charge in [0.05, 0.1) is 5.69 Å². The van der Waals surface area contributed by atoms with E-state index in [1.54, 1.807) is 6.07 Å². The third-order valence-corrected chi connectivity index (χ3v) is 3.61. The Labute approximate surface area is 136 Å². The molecular weight excluding hydrogens is 292 g/mol. The minimum Gasteiger partial charge on any atom is -0.369 e. The van der Waals surface area contributed by atoms with Crippen molar-refractivity contribution in [2.75, 3.05) is 18.0 Å². The van der Waals surface area contributed by atoms with Gasteiger partial charge < -0.3 is 4.90 Å². The third kappa shape index (κ3) is 5.93. The Kier molecular flexibility index (Phi) is 8.61. The number of nitrogens with zero attached hydrogens (tertiary/aromatic N) is 1. The number of rotatable bonds is 7. The molecular formula is C16H25F2NTi. The van der Waals surface area contributed by atoms with Crippen molar-refractivity contribution in [1.82, 2.24) is 0 Å². The van der Waals surface area contributed by atoms with Crippen molar-refractivity contribution in [3.05, 3.63) is 29.8 Å². The van der Waals surface area contributed by atoms with Crippen LogP contribution in [0, 0.1) is 17.0 Å². The van der Waals surface area contributed by atoms with Crippen LogP contribution in [-0.2, 0) is 21.7 Å². The zero-order valence-corrected chi connectivity index (χ0v) is 14.5. The number of halogens is 2. The molecule has 112 valence electrons. The molecule has 0 unspecified atom stereocenters. The number of hydrogen-bond acceptors (Lipinski definition) is 1. The van der Waals surface area contributed by atoms with Crippen LogP contribution in [0.4, 0.5) is 14.5 Å². The smallest absolute Gasteiger partial charge is 0.149 e. The summed E-state index contributed by atoms with van der Waals surface area (Å²) in [4.78, 5) is 2.04. The average Bonchev–Trinajstić information content (AvgIpc) is 2.35. The molecule has 1 aromatic carbocycles. The van der Waals surface area contributed by atoms with E-state index in [4.69, 9.17) is 0 Å². The Morgan fingerprint density at radius 2 is 1.80 bits per heavy atom. The molecule has 1 rings (SSSR count). The molecule has 4 heteroatoms. The van der Waals surface area contributed by atoms with Crippen molar-refractivity contribution in [3.63, 3.8) is 0 Å². The van der Waals surface area contributed by atoms with Crippen LogP contribution in [0.5, 0.6) is 0 Å². The third-order valence-electron chi connectivity index (χ3n) is 3.61. The average molecular weight is 317 g/mol. The summed E-state index contributed by atoms with van der Waals surface area (Å²) in [5.41, 5.74) is 0.630. The van der Waals surface area contributed by atoms with E-state index in [-0.39, 0.29) is 27.1 Å². The van der Waals surface area contributed by atoms with Gasteiger partial charge >= 0.3 is 0 Å². The zero-order chi connectivity index (χ0) is 14.5. The van der Waals surface area contributed by atoms with E-state index in [0.29, 0.717) is 5.69 Å². The normalized spacial score (nSPS) is 11.1. The standard InChI is InChI=1S/C16H25F2N.Ti/c1-5-7-10-19(12-16(3,4)6-2)15-9-8-13(17)11-14(15)18;/h8-9,11H,5-7,10,12H2,1-4H3;. The molecule has 0 saturated carbocycles. The Hall–Kier alpha value is -0.406. The number of benzene rings is 1. The molecule has 0 N–H and O–H groups in total. The van der Waals surface area contributed by atoms with E-state index in [1.807, 2.05) is 4.90 Å². The van der Waals surface area contributed by atoms with Gasteiger partial charge in [0.25, 0.3) is 0 Å². The fourth-order valence-electron chi connectivity index (χ4n) is 2.00. The van der Waals surface area contributed by atoms with Crippen LogP contribution < -0.4 is 4.90 Å². The summed E-state index contributed by atoms with van der Waals surface area (Å²) in [7, 11) is 0. The SMILES string of the molecule is CCCCN(CC(C)(C)CC)c1ccc(F)cc1F.[Ti]. The number of unbranched alkanes of at least 4 members (excludes halogenated alkanes) is 1. The van der Waals surface area contributed by atoms with Crippen LogP contribution in [0.1, 0.15) is 47.0 Å². The van der Waals surface area contributed by atoms with E-state index in [0.717, 1.165) is 38.4 Å². The molecule has 0 radical (unpaired) electrons.